The molecule has 0 spiro atoms. The lowest BCUT2D eigenvalue weighted by atomic mass is 9.73. The van der Waals surface area contributed by atoms with E-state index in [0.717, 1.165) is 5.56 Å². The summed E-state index contributed by atoms with van der Waals surface area (Å²) in [5, 5.41) is 0.537. The Hall–Kier alpha value is -1.97. The smallest absolute Gasteiger partial charge is 0.182 e. The number of ketones is 3. The molecular formula is C19H14Cl2O3. The molecule has 0 unspecified atom stereocenters. The predicted molar refractivity (Wildman–Crippen MR) is 92.7 cm³/mol. The molecule has 2 aromatic rings. The van der Waals surface area contributed by atoms with Crippen molar-refractivity contribution in [3.8, 4) is 0 Å². The Kier molecular flexibility index (Phi) is 4.83. The number of rotatable bonds is 3. The highest BCUT2D eigenvalue weighted by Crippen LogP contribution is 2.34. The van der Waals surface area contributed by atoms with Crippen LogP contribution in [0, 0.1) is 5.92 Å². The Balaban J connectivity index is 1.94. The van der Waals surface area contributed by atoms with Gasteiger partial charge in [-0.05, 0) is 30.2 Å². The fourth-order valence-corrected chi connectivity index (χ4v) is 3.57. The van der Waals surface area contributed by atoms with Gasteiger partial charge in [0.1, 0.15) is 5.92 Å². The largest absolute Gasteiger partial charge is 0.298 e. The Morgan fingerprint density at radius 3 is 2.38 bits per heavy atom. The first kappa shape index (κ1) is 16.9. The van der Waals surface area contributed by atoms with E-state index in [1.807, 2.05) is 30.3 Å². The molecular weight excluding hydrogens is 347 g/mol. The van der Waals surface area contributed by atoms with E-state index >= 15 is 0 Å². The first-order valence-corrected chi connectivity index (χ1v) is 8.35. The van der Waals surface area contributed by atoms with Crippen molar-refractivity contribution < 1.29 is 14.4 Å². The molecule has 0 N–H and O–H groups in total. The molecule has 1 aliphatic carbocycles. The van der Waals surface area contributed by atoms with Gasteiger partial charge in [-0.1, -0.05) is 53.5 Å². The van der Waals surface area contributed by atoms with Crippen LogP contribution in [0.3, 0.4) is 0 Å². The molecule has 1 aliphatic rings. The van der Waals surface area contributed by atoms with Crippen LogP contribution in [0.2, 0.25) is 10.0 Å². The topological polar surface area (TPSA) is 51.2 Å². The number of carbonyl (C=O) groups is 3. The van der Waals surface area contributed by atoms with Crippen LogP contribution >= 0.6 is 23.2 Å². The van der Waals surface area contributed by atoms with Gasteiger partial charge in [0, 0.05) is 22.9 Å². The molecule has 0 heterocycles. The van der Waals surface area contributed by atoms with Crippen LogP contribution < -0.4 is 0 Å². The summed E-state index contributed by atoms with van der Waals surface area (Å²) in [7, 11) is 0. The predicted octanol–water partition coefficient (Wildman–Crippen LogP) is 4.51. The van der Waals surface area contributed by atoms with Crippen LogP contribution in [-0.4, -0.2) is 17.3 Å². The third-order valence-corrected chi connectivity index (χ3v) is 4.84. The van der Waals surface area contributed by atoms with Crippen LogP contribution in [-0.2, 0) is 9.59 Å². The number of hydrogen-bond donors (Lipinski definition) is 0. The maximum absolute atomic E-state index is 12.8. The number of carbonyl (C=O) groups excluding carboxylic acids is 3. The van der Waals surface area contributed by atoms with Gasteiger partial charge in [-0.2, -0.15) is 0 Å². The van der Waals surface area contributed by atoms with Crippen LogP contribution in [0.25, 0.3) is 0 Å². The van der Waals surface area contributed by atoms with E-state index < -0.39 is 17.6 Å². The fraction of sp³-hybridized carbons (Fsp3) is 0.211. The van der Waals surface area contributed by atoms with Gasteiger partial charge in [0.15, 0.2) is 17.3 Å². The second-order valence-electron chi connectivity index (χ2n) is 5.79. The summed E-state index contributed by atoms with van der Waals surface area (Å²) >= 11 is 11.9. The van der Waals surface area contributed by atoms with Gasteiger partial charge in [-0.3, -0.25) is 14.4 Å². The van der Waals surface area contributed by atoms with Crippen LogP contribution in [0.4, 0.5) is 0 Å². The highest BCUT2D eigenvalue weighted by Gasteiger charge is 2.42. The van der Waals surface area contributed by atoms with E-state index in [0.29, 0.717) is 11.4 Å². The molecule has 0 aliphatic heterocycles. The van der Waals surface area contributed by atoms with E-state index in [1.54, 1.807) is 0 Å². The monoisotopic (exact) mass is 360 g/mol. The molecule has 3 rings (SSSR count). The number of benzene rings is 2. The first-order chi connectivity index (χ1) is 11.5. The van der Waals surface area contributed by atoms with Crippen LogP contribution in [0.1, 0.15) is 34.7 Å². The average Bonchev–Trinajstić information content (AvgIpc) is 2.55. The van der Waals surface area contributed by atoms with Crippen molar-refractivity contribution in [1.29, 1.82) is 0 Å². The molecule has 122 valence electrons. The highest BCUT2D eigenvalue weighted by atomic mass is 35.5. The van der Waals surface area contributed by atoms with Gasteiger partial charge in [0.05, 0.1) is 5.02 Å². The van der Waals surface area contributed by atoms with Gasteiger partial charge in [-0.15, -0.1) is 0 Å². The molecule has 2 atom stereocenters. The van der Waals surface area contributed by atoms with Crippen molar-refractivity contribution in [3.63, 3.8) is 0 Å². The van der Waals surface area contributed by atoms with E-state index in [4.69, 9.17) is 23.2 Å². The lowest BCUT2D eigenvalue weighted by Crippen LogP contribution is -2.39. The molecule has 0 bridgehead atoms. The van der Waals surface area contributed by atoms with Crippen molar-refractivity contribution in [2.24, 2.45) is 5.92 Å². The van der Waals surface area contributed by atoms with Crippen molar-refractivity contribution in [3.05, 3.63) is 69.7 Å². The van der Waals surface area contributed by atoms with E-state index in [2.05, 4.69) is 0 Å². The van der Waals surface area contributed by atoms with Crippen LogP contribution in [0.5, 0.6) is 0 Å². The number of Topliss-reactive ketones (excluding diaryl/α,β-unsaturated/α-hetero) is 3. The van der Waals surface area contributed by atoms with Gasteiger partial charge in [0.25, 0.3) is 0 Å². The fourth-order valence-electron chi connectivity index (χ4n) is 3.07. The van der Waals surface area contributed by atoms with E-state index in [-0.39, 0.29) is 28.6 Å². The normalized spacial score (nSPS) is 20.9. The maximum atomic E-state index is 12.8. The van der Waals surface area contributed by atoms with Crippen LogP contribution in [0.15, 0.2) is 48.5 Å². The average molecular weight is 361 g/mol. The van der Waals surface area contributed by atoms with Gasteiger partial charge in [0.2, 0.25) is 0 Å². The summed E-state index contributed by atoms with van der Waals surface area (Å²) in [5.41, 5.74) is 0.983. The van der Waals surface area contributed by atoms with Gasteiger partial charge in [-0.25, -0.2) is 0 Å². The summed E-state index contributed by atoms with van der Waals surface area (Å²) in [6.07, 6.45) is 0.632. The lowest BCUT2D eigenvalue weighted by molar-refractivity contribution is -0.134. The lowest BCUT2D eigenvalue weighted by Gasteiger charge is -2.26. The Labute approximate surface area is 149 Å². The Morgan fingerprint density at radius 2 is 1.71 bits per heavy atom. The van der Waals surface area contributed by atoms with Crippen molar-refractivity contribution in [2.45, 2.75) is 18.8 Å². The Bertz CT molecular complexity index is 815. The summed E-state index contributed by atoms with van der Waals surface area (Å²) < 4.78 is 0. The van der Waals surface area contributed by atoms with Crippen molar-refractivity contribution in [2.75, 3.05) is 0 Å². The quantitative estimate of drug-likeness (QED) is 0.597. The third kappa shape index (κ3) is 3.14. The molecule has 0 saturated heterocycles. The third-order valence-electron chi connectivity index (χ3n) is 4.29. The zero-order chi connectivity index (χ0) is 17.3. The summed E-state index contributed by atoms with van der Waals surface area (Å²) in [6, 6.07) is 13.6. The molecule has 0 radical (unpaired) electrons. The number of hydrogen-bond acceptors (Lipinski definition) is 3. The summed E-state index contributed by atoms with van der Waals surface area (Å²) in [5.74, 6) is -2.98. The van der Waals surface area contributed by atoms with Gasteiger partial charge < -0.3 is 0 Å². The molecule has 24 heavy (non-hydrogen) atoms. The molecule has 5 heteroatoms. The van der Waals surface area contributed by atoms with E-state index in [1.165, 1.54) is 18.2 Å². The van der Waals surface area contributed by atoms with Crippen molar-refractivity contribution >= 4 is 40.6 Å². The minimum absolute atomic E-state index is 0.148. The molecule has 0 aromatic heterocycles. The maximum Gasteiger partial charge on any atom is 0.182 e. The highest BCUT2D eigenvalue weighted by molar-refractivity contribution is 6.38. The van der Waals surface area contributed by atoms with E-state index in [9.17, 15) is 14.4 Å². The standard InChI is InChI=1S/C19H14Cl2O3/c20-12-6-7-14(15(21)10-12)19(24)17-16(22)9-8-13(18(17)23)11-4-2-1-3-5-11/h1-7,10,13,17H,8-9H2/t13-,17-/m0/s1. The zero-order valence-corrected chi connectivity index (χ0v) is 14.2. The molecule has 1 fully saturated rings. The molecule has 2 aromatic carbocycles. The summed E-state index contributed by atoms with van der Waals surface area (Å²) in [4.78, 5) is 37.8. The second-order valence-corrected chi connectivity index (χ2v) is 6.64. The molecule has 0 amide bonds. The van der Waals surface area contributed by atoms with Crippen molar-refractivity contribution in [1.82, 2.24) is 0 Å². The minimum Gasteiger partial charge on any atom is -0.298 e. The first-order valence-electron chi connectivity index (χ1n) is 7.59. The minimum atomic E-state index is -1.29. The SMILES string of the molecule is O=C1CC[C@@H](c2ccccc2)C(=O)[C@H]1C(=O)c1ccc(Cl)cc1Cl. The summed E-state index contributed by atoms with van der Waals surface area (Å²) in [6.45, 7) is 0. The van der Waals surface area contributed by atoms with Gasteiger partial charge >= 0.3 is 0 Å². The Morgan fingerprint density at radius 1 is 1.00 bits per heavy atom. The molecule has 3 nitrogen and oxygen atoms in total. The second kappa shape index (κ2) is 6.88. The number of halogens is 2. The molecule has 1 saturated carbocycles. The zero-order valence-electron chi connectivity index (χ0n) is 12.7.